The summed E-state index contributed by atoms with van der Waals surface area (Å²) in [4.78, 5) is 2.88. The van der Waals surface area contributed by atoms with E-state index in [4.69, 9.17) is 11.6 Å². The van der Waals surface area contributed by atoms with Crippen LogP contribution in [0.3, 0.4) is 0 Å². The first kappa shape index (κ1) is 15.0. The highest BCUT2D eigenvalue weighted by molar-refractivity contribution is 7.12. The molecule has 2 aromatic rings. The lowest BCUT2D eigenvalue weighted by molar-refractivity contribution is 0.554. The van der Waals surface area contributed by atoms with Gasteiger partial charge in [0.1, 0.15) is 5.82 Å². The van der Waals surface area contributed by atoms with Crippen LogP contribution in [0.1, 0.15) is 40.3 Å². The van der Waals surface area contributed by atoms with Gasteiger partial charge < -0.3 is 5.32 Å². The van der Waals surface area contributed by atoms with Gasteiger partial charge >= 0.3 is 0 Å². The van der Waals surface area contributed by atoms with Crippen LogP contribution in [-0.4, -0.2) is 6.54 Å². The number of aryl methyl sites for hydroxylation is 2. The Morgan fingerprint density at radius 1 is 1.33 bits per heavy atom. The fourth-order valence-electron chi connectivity index (χ4n) is 2.96. The third-order valence-electron chi connectivity index (χ3n) is 3.99. The van der Waals surface area contributed by atoms with Crippen LogP contribution in [-0.2, 0) is 19.3 Å². The molecular weight excluding hydrogens is 305 g/mol. The molecule has 0 aliphatic heterocycles. The second-order valence-corrected chi connectivity index (χ2v) is 7.08. The maximum Gasteiger partial charge on any atom is 0.123 e. The van der Waals surface area contributed by atoms with Crippen molar-refractivity contribution in [1.82, 2.24) is 5.32 Å². The summed E-state index contributed by atoms with van der Waals surface area (Å²) in [5.74, 6) is -0.224. The molecule has 21 heavy (non-hydrogen) atoms. The number of hydrogen-bond acceptors (Lipinski definition) is 2. The van der Waals surface area contributed by atoms with Crippen molar-refractivity contribution in [3.8, 4) is 0 Å². The monoisotopic (exact) mass is 323 g/mol. The fourth-order valence-corrected chi connectivity index (χ4v) is 4.49. The molecule has 1 atom stereocenters. The summed E-state index contributed by atoms with van der Waals surface area (Å²) in [6.45, 7) is 2.99. The van der Waals surface area contributed by atoms with Crippen LogP contribution in [0.4, 0.5) is 4.39 Å². The largest absolute Gasteiger partial charge is 0.309 e. The smallest absolute Gasteiger partial charge is 0.123 e. The molecule has 1 aliphatic rings. The van der Waals surface area contributed by atoms with Gasteiger partial charge in [-0.05, 0) is 67.6 Å². The molecule has 0 fully saturated rings. The van der Waals surface area contributed by atoms with Crippen LogP contribution in [0.15, 0.2) is 24.3 Å². The molecule has 0 spiro atoms. The van der Waals surface area contributed by atoms with Gasteiger partial charge in [0.2, 0.25) is 0 Å². The van der Waals surface area contributed by atoms with E-state index in [9.17, 15) is 4.39 Å². The molecule has 1 N–H and O–H groups in total. The Kier molecular flexibility index (Phi) is 4.63. The second-order valence-electron chi connectivity index (χ2n) is 5.50. The fraction of sp³-hybridized carbons (Fsp3) is 0.412. The Hall–Kier alpha value is -0.900. The SMILES string of the molecule is CCNC(Cc1cc(F)ccc1Cl)c1cc2c(s1)CCC2. The maximum atomic E-state index is 13.4. The highest BCUT2D eigenvalue weighted by Gasteiger charge is 2.20. The van der Waals surface area contributed by atoms with Crippen molar-refractivity contribution in [3.63, 3.8) is 0 Å². The number of thiophene rings is 1. The van der Waals surface area contributed by atoms with Gasteiger partial charge in [0.05, 0.1) is 0 Å². The number of halogens is 2. The lowest BCUT2D eigenvalue weighted by Crippen LogP contribution is -2.22. The van der Waals surface area contributed by atoms with Gasteiger partial charge in [0.25, 0.3) is 0 Å². The second kappa shape index (κ2) is 6.47. The normalized spacial score (nSPS) is 15.2. The van der Waals surface area contributed by atoms with Crippen LogP contribution in [0.2, 0.25) is 5.02 Å². The number of hydrogen-bond donors (Lipinski definition) is 1. The summed E-state index contributed by atoms with van der Waals surface area (Å²) in [5.41, 5.74) is 2.37. The van der Waals surface area contributed by atoms with Gasteiger partial charge in [0, 0.05) is 20.8 Å². The zero-order valence-corrected chi connectivity index (χ0v) is 13.7. The topological polar surface area (TPSA) is 12.0 Å². The van der Waals surface area contributed by atoms with Crippen molar-refractivity contribution in [2.45, 2.75) is 38.6 Å². The van der Waals surface area contributed by atoms with E-state index in [1.54, 1.807) is 12.1 Å². The predicted octanol–water partition coefficient (Wildman–Crippen LogP) is 4.92. The third-order valence-corrected chi connectivity index (χ3v) is 5.71. The number of benzene rings is 1. The highest BCUT2D eigenvalue weighted by atomic mass is 35.5. The van der Waals surface area contributed by atoms with E-state index in [2.05, 4.69) is 18.3 Å². The predicted molar refractivity (Wildman–Crippen MR) is 87.9 cm³/mol. The molecule has 4 heteroatoms. The summed E-state index contributed by atoms with van der Waals surface area (Å²) in [6.07, 6.45) is 4.41. The summed E-state index contributed by atoms with van der Waals surface area (Å²) in [5, 5.41) is 4.15. The molecule has 1 heterocycles. The van der Waals surface area contributed by atoms with E-state index in [1.165, 1.54) is 40.6 Å². The summed E-state index contributed by atoms with van der Waals surface area (Å²) < 4.78 is 13.4. The first-order chi connectivity index (χ1) is 10.2. The van der Waals surface area contributed by atoms with Crippen LogP contribution in [0.5, 0.6) is 0 Å². The Labute approximate surface area is 134 Å². The summed E-state index contributed by atoms with van der Waals surface area (Å²) >= 11 is 8.11. The minimum Gasteiger partial charge on any atom is -0.309 e. The molecule has 3 rings (SSSR count). The third kappa shape index (κ3) is 3.31. The molecule has 0 amide bonds. The molecule has 0 saturated heterocycles. The average molecular weight is 324 g/mol. The van der Waals surface area contributed by atoms with Crippen molar-refractivity contribution >= 4 is 22.9 Å². The van der Waals surface area contributed by atoms with Crippen molar-refractivity contribution < 1.29 is 4.39 Å². The van der Waals surface area contributed by atoms with Crippen molar-refractivity contribution in [2.75, 3.05) is 6.54 Å². The lowest BCUT2D eigenvalue weighted by atomic mass is 10.0. The zero-order chi connectivity index (χ0) is 14.8. The molecule has 1 aliphatic carbocycles. The summed E-state index contributed by atoms with van der Waals surface area (Å²) in [6, 6.07) is 7.14. The molecule has 112 valence electrons. The number of likely N-dealkylation sites (N-methyl/N-ethyl adjacent to an activating group) is 1. The first-order valence-corrected chi connectivity index (χ1v) is 8.65. The van der Waals surface area contributed by atoms with Gasteiger partial charge in [-0.1, -0.05) is 18.5 Å². The van der Waals surface area contributed by atoms with Crippen LogP contribution >= 0.6 is 22.9 Å². The van der Waals surface area contributed by atoms with Gasteiger partial charge in [-0.25, -0.2) is 4.39 Å². The van der Waals surface area contributed by atoms with Crippen molar-refractivity contribution in [1.29, 1.82) is 0 Å². The highest BCUT2D eigenvalue weighted by Crippen LogP contribution is 2.35. The van der Waals surface area contributed by atoms with Crippen LogP contribution in [0.25, 0.3) is 0 Å². The van der Waals surface area contributed by atoms with E-state index >= 15 is 0 Å². The average Bonchev–Trinajstić information content (AvgIpc) is 3.03. The lowest BCUT2D eigenvalue weighted by Gasteiger charge is -2.17. The number of rotatable bonds is 5. The Balaban J connectivity index is 1.85. The molecule has 1 unspecified atom stereocenters. The van der Waals surface area contributed by atoms with Crippen LogP contribution in [0, 0.1) is 5.82 Å². The molecular formula is C17H19ClFNS. The molecule has 0 radical (unpaired) electrons. The zero-order valence-electron chi connectivity index (χ0n) is 12.1. The minimum absolute atomic E-state index is 0.213. The Morgan fingerprint density at radius 3 is 2.95 bits per heavy atom. The first-order valence-electron chi connectivity index (χ1n) is 7.46. The molecule has 0 bridgehead atoms. The number of fused-ring (bicyclic) bond motifs is 1. The number of nitrogens with one attached hydrogen (secondary N) is 1. The van der Waals surface area contributed by atoms with Crippen molar-refractivity contribution in [2.24, 2.45) is 0 Å². The standard InChI is InChI=1S/C17H19ClFNS/c1-2-20-15(9-12-8-13(19)6-7-14(12)18)17-10-11-4-3-5-16(11)21-17/h6-8,10,15,20H,2-5,9H2,1H3. The Morgan fingerprint density at radius 2 is 2.19 bits per heavy atom. The van der Waals surface area contributed by atoms with Gasteiger partial charge in [-0.3, -0.25) is 0 Å². The van der Waals surface area contributed by atoms with E-state index in [0.29, 0.717) is 5.02 Å². The van der Waals surface area contributed by atoms with E-state index in [1.807, 2.05) is 11.3 Å². The molecule has 0 saturated carbocycles. The van der Waals surface area contributed by atoms with Gasteiger partial charge in [0.15, 0.2) is 0 Å². The van der Waals surface area contributed by atoms with E-state index in [-0.39, 0.29) is 11.9 Å². The summed E-state index contributed by atoms with van der Waals surface area (Å²) in [7, 11) is 0. The molecule has 1 nitrogen and oxygen atoms in total. The maximum absolute atomic E-state index is 13.4. The molecule has 1 aromatic carbocycles. The van der Waals surface area contributed by atoms with Crippen molar-refractivity contribution in [3.05, 3.63) is 56.0 Å². The quantitative estimate of drug-likeness (QED) is 0.823. The molecule has 1 aromatic heterocycles. The van der Waals surface area contributed by atoms with E-state index in [0.717, 1.165) is 18.5 Å². The van der Waals surface area contributed by atoms with Gasteiger partial charge in [-0.15, -0.1) is 11.3 Å². The van der Waals surface area contributed by atoms with Gasteiger partial charge in [-0.2, -0.15) is 0 Å². The minimum atomic E-state index is -0.224. The Bertz CT molecular complexity index is 616. The van der Waals surface area contributed by atoms with Crippen LogP contribution < -0.4 is 5.32 Å². The van der Waals surface area contributed by atoms with E-state index < -0.39 is 0 Å².